The number of carbonyl (C=O) groups excluding carboxylic acids is 3. The summed E-state index contributed by atoms with van der Waals surface area (Å²) in [7, 11) is 0. The molecule has 2 aliphatic rings. The first-order valence-electron chi connectivity index (χ1n) is 18.0. The van der Waals surface area contributed by atoms with Crippen molar-refractivity contribution in [1.82, 2.24) is 35.0 Å². The molecule has 5 aromatic rings. The molecule has 7 rings (SSSR count). The van der Waals surface area contributed by atoms with E-state index < -0.39 is 46.1 Å². The van der Waals surface area contributed by atoms with E-state index in [1.807, 2.05) is 38.1 Å². The summed E-state index contributed by atoms with van der Waals surface area (Å²) in [6.07, 6.45) is -0.735. The van der Waals surface area contributed by atoms with Crippen LogP contribution in [-0.4, -0.2) is 77.5 Å². The average molecular weight is 784 g/mol. The van der Waals surface area contributed by atoms with Gasteiger partial charge in [0.15, 0.2) is 23.2 Å². The molecule has 0 radical (unpaired) electrons. The summed E-state index contributed by atoms with van der Waals surface area (Å²) >= 11 is 0. The number of nitrogens with one attached hydrogen (secondary N) is 2. The summed E-state index contributed by atoms with van der Waals surface area (Å²) < 4.78 is 42.2. The van der Waals surface area contributed by atoms with Crippen molar-refractivity contribution in [2.75, 3.05) is 34.8 Å². The lowest BCUT2D eigenvalue weighted by Crippen LogP contribution is -2.48. The number of aryl methyl sites for hydroxylation is 3. The molecule has 0 spiro atoms. The van der Waals surface area contributed by atoms with E-state index in [0.29, 0.717) is 65.8 Å². The predicted octanol–water partition coefficient (Wildman–Crippen LogP) is 5.54. The van der Waals surface area contributed by atoms with Gasteiger partial charge in [0, 0.05) is 42.5 Å². The molecule has 2 aromatic carbocycles. The largest absolute Gasteiger partial charge is 0.423 e. The quantitative estimate of drug-likeness (QED) is 0.119. The number of likely N-dealkylation sites (N-methyl/N-ethyl adjacent to an activating group) is 1. The maximum absolute atomic E-state index is 13.5. The fraction of sp³-hybridized carbons (Fsp3) is 0.316. The van der Waals surface area contributed by atoms with Crippen LogP contribution in [0.25, 0.3) is 22.8 Å². The number of anilines is 3. The van der Waals surface area contributed by atoms with Crippen LogP contribution in [0.5, 0.6) is 0 Å². The van der Waals surface area contributed by atoms with Crippen LogP contribution in [0, 0.1) is 17.0 Å². The summed E-state index contributed by atoms with van der Waals surface area (Å²) in [5.74, 6) is 0.890. The summed E-state index contributed by atoms with van der Waals surface area (Å²) in [4.78, 5) is 69.9. The fourth-order valence-corrected chi connectivity index (χ4v) is 6.84. The third-order valence-electron chi connectivity index (χ3n) is 9.91. The van der Waals surface area contributed by atoms with Crippen molar-refractivity contribution < 1.29 is 32.5 Å². The number of carbonyl (C=O) groups is 3. The van der Waals surface area contributed by atoms with Crippen molar-refractivity contribution >= 4 is 40.7 Å². The number of Topliss-reactive ketones (excluding diaryl/α,β-unsaturated/α-hetero) is 1. The second-order valence-electron chi connectivity index (χ2n) is 13.9. The number of aromatic nitrogens is 6. The molecule has 16 nitrogen and oxygen atoms in total. The molecule has 0 aliphatic carbocycles. The van der Waals surface area contributed by atoms with Gasteiger partial charge in [-0.15, -0.1) is 5.10 Å². The van der Waals surface area contributed by atoms with Gasteiger partial charge in [0.2, 0.25) is 5.91 Å². The first-order valence-corrected chi connectivity index (χ1v) is 18.0. The molecule has 3 amide bonds. The van der Waals surface area contributed by atoms with Gasteiger partial charge in [0.25, 0.3) is 5.69 Å². The van der Waals surface area contributed by atoms with E-state index in [9.17, 15) is 37.7 Å². The molecule has 19 heteroatoms. The Bertz CT molecular complexity index is 2400. The standard InChI is InChI=1S/C38H36F3N11O5/c1-4-50-32(54)19-43-34-35(50)46-29(18-42-34)26-12-13-28(45-22(26)2)33-44-21-49(48-33)15-5-6-23-7-10-25(11-8-23)51-20-37(3,47-36(51)55)31(53)17-24-9-14-30(52(56)57)27(16-24)38(39,40)41/h7-14,16,18,21H,4-6,15,17,19-20H2,1-3H3,(H,42,43)(H,47,55). The molecule has 1 unspecified atom stereocenters. The van der Waals surface area contributed by atoms with Crippen LogP contribution >= 0.6 is 0 Å². The Hall–Kier alpha value is -6.79. The number of nitrogens with zero attached hydrogens (tertiary/aromatic N) is 9. The molecule has 1 atom stereocenters. The molecule has 5 heterocycles. The average Bonchev–Trinajstić information content (AvgIpc) is 3.78. The Morgan fingerprint density at radius 1 is 1.02 bits per heavy atom. The highest BCUT2D eigenvalue weighted by molar-refractivity contribution is 6.04. The lowest BCUT2D eigenvalue weighted by molar-refractivity contribution is -0.388. The van der Waals surface area contributed by atoms with E-state index in [2.05, 4.69) is 25.7 Å². The minimum atomic E-state index is -4.98. The number of benzene rings is 2. The van der Waals surface area contributed by atoms with E-state index in [-0.39, 0.29) is 24.6 Å². The van der Waals surface area contributed by atoms with Gasteiger partial charge in [0.05, 0.1) is 29.9 Å². The van der Waals surface area contributed by atoms with Crippen LogP contribution < -0.4 is 20.4 Å². The molecule has 0 saturated carbocycles. The first-order chi connectivity index (χ1) is 27.1. The van der Waals surface area contributed by atoms with Gasteiger partial charge in [-0.05, 0) is 75.1 Å². The van der Waals surface area contributed by atoms with Crippen molar-refractivity contribution in [3.05, 3.63) is 99.6 Å². The van der Waals surface area contributed by atoms with Crippen LogP contribution in [0.2, 0.25) is 0 Å². The lowest BCUT2D eigenvalue weighted by Gasteiger charge is -2.27. The highest BCUT2D eigenvalue weighted by atomic mass is 19.4. The second kappa shape index (κ2) is 15.0. The first kappa shape index (κ1) is 38.5. The van der Waals surface area contributed by atoms with Gasteiger partial charge < -0.3 is 10.6 Å². The molecular weight excluding hydrogens is 747 g/mol. The second-order valence-corrected chi connectivity index (χ2v) is 13.9. The highest BCUT2D eigenvalue weighted by Crippen LogP contribution is 2.37. The SMILES string of the molecule is CCN1C(=O)CNc2ncc(-c3ccc(-c4ncn(CCCc5ccc(N6CC(C)(C(=O)Cc7ccc([N+](=O)[O-])c(C(F)(F)F)c7)NC6=O)cc5)n4)nc3C)nc21. The van der Waals surface area contributed by atoms with Crippen molar-refractivity contribution in [3.8, 4) is 22.8 Å². The maximum Gasteiger partial charge on any atom is 0.423 e. The van der Waals surface area contributed by atoms with Gasteiger partial charge in [-0.3, -0.25) is 34.2 Å². The number of halogens is 3. The topological polar surface area (TPSA) is 194 Å². The Morgan fingerprint density at radius 2 is 1.77 bits per heavy atom. The molecule has 57 heavy (non-hydrogen) atoms. The third kappa shape index (κ3) is 7.85. The van der Waals surface area contributed by atoms with E-state index >= 15 is 0 Å². The zero-order valence-electron chi connectivity index (χ0n) is 31.0. The number of amides is 3. The third-order valence-corrected chi connectivity index (χ3v) is 9.91. The number of pyridine rings is 1. The smallest absolute Gasteiger partial charge is 0.358 e. The Kier molecular flexibility index (Phi) is 10.2. The van der Waals surface area contributed by atoms with E-state index in [1.165, 1.54) is 11.8 Å². The molecule has 3 aromatic heterocycles. The number of rotatable bonds is 12. The van der Waals surface area contributed by atoms with E-state index in [0.717, 1.165) is 29.7 Å². The lowest BCUT2D eigenvalue weighted by atomic mass is 9.91. The monoisotopic (exact) mass is 783 g/mol. The van der Waals surface area contributed by atoms with Crippen molar-refractivity contribution in [1.29, 1.82) is 0 Å². The zero-order chi connectivity index (χ0) is 40.6. The minimum absolute atomic E-state index is 0.0564. The number of ketones is 1. The van der Waals surface area contributed by atoms with Crippen molar-refractivity contribution in [2.45, 2.75) is 58.3 Å². The number of urea groups is 1. The van der Waals surface area contributed by atoms with Crippen LogP contribution in [0.4, 0.5) is 41.0 Å². The highest BCUT2D eigenvalue weighted by Gasteiger charge is 2.45. The summed E-state index contributed by atoms with van der Waals surface area (Å²) in [6.45, 7) is 6.41. The van der Waals surface area contributed by atoms with Gasteiger partial charge in [0.1, 0.15) is 23.1 Å². The zero-order valence-corrected chi connectivity index (χ0v) is 31.0. The van der Waals surface area contributed by atoms with Gasteiger partial charge >= 0.3 is 12.2 Å². The normalized spacial score (nSPS) is 16.7. The molecule has 1 saturated heterocycles. The molecule has 2 aliphatic heterocycles. The Morgan fingerprint density at radius 3 is 2.47 bits per heavy atom. The number of nitro groups is 1. The molecule has 2 N–H and O–H groups in total. The maximum atomic E-state index is 13.5. The fourth-order valence-electron chi connectivity index (χ4n) is 6.84. The van der Waals surface area contributed by atoms with Gasteiger partial charge in [-0.2, -0.15) is 13.2 Å². The van der Waals surface area contributed by atoms with Crippen LogP contribution in [0.3, 0.4) is 0 Å². The summed E-state index contributed by atoms with van der Waals surface area (Å²) in [5, 5.41) is 21.4. The van der Waals surface area contributed by atoms with E-state index in [4.69, 9.17) is 9.97 Å². The van der Waals surface area contributed by atoms with Gasteiger partial charge in [-0.25, -0.2) is 24.7 Å². The minimum Gasteiger partial charge on any atom is -0.358 e. The van der Waals surface area contributed by atoms with Crippen LogP contribution in [0.1, 0.15) is 42.7 Å². The van der Waals surface area contributed by atoms with Crippen molar-refractivity contribution in [3.63, 3.8) is 0 Å². The van der Waals surface area contributed by atoms with Crippen LogP contribution in [-0.2, 0) is 35.2 Å². The molecule has 1 fully saturated rings. The molecule has 0 bridgehead atoms. The number of nitro benzene ring substituents is 1. The van der Waals surface area contributed by atoms with Gasteiger partial charge in [-0.1, -0.05) is 18.2 Å². The summed E-state index contributed by atoms with van der Waals surface area (Å²) in [5.41, 5.74) is 0.178. The number of hydrogen-bond donors (Lipinski definition) is 2. The molecule has 294 valence electrons. The molecular formula is C38H36F3N11O5. The van der Waals surface area contributed by atoms with Crippen LogP contribution in [0.15, 0.2) is 67.1 Å². The number of alkyl halides is 3. The predicted molar refractivity (Wildman–Crippen MR) is 201 cm³/mol. The van der Waals surface area contributed by atoms with Crippen molar-refractivity contribution in [2.24, 2.45) is 0 Å². The number of fused-ring (bicyclic) bond motifs is 1. The van der Waals surface area contributed by atoms with E-state index in [1.54, 1.807) is 34.2 Å². The Balaban J connectivity index is 0.936. The Labute approximate surface area is 323 Å². The number of hydrogen-bond acceptors (Lipinski definition) is 11. The summed E-state index contributed by atoms with van der Waals surface area (Å²) in [6, 6.07) is 12.9.